The summed E-state index contributed by atoms with van der Waals surface area (Å²) >= 11 is 0. The van der Waals surface area contributed by atoms with E-state index in [0.717, 1.165) is 6.42 Å². The van der Waals surface area contributed by atoms with Gasteiger partial charge in [0.2, 0.25) is 0 Å². The summed E-state index contributed by atoms with van der Waals surface area (Å²) in [5.41, 5.74) is 1.31. The van der Waals surface area contributed by atoms with Crippen molar-refractivity contribution in [1.82, 2.24) is 10.6 Å². The molecule has 2 aromatic rings. The number of hydrogen-bond acceptors (Lipinski definition) is 3. The first-order valence-electron chi connectivity index (χ1n) is 9.98. The fourth-order valence-corrected chi connectivity index (χ4v) is 3.37. The second-order valence-electron chi connectivity index (χ2n) is 7.03. The van der Waals surface area contributed by atoms with Crippen LogP contribution in [0.3, 0.4) is 0 Å². The van der Waals surface area contributed by atoms with Crippen molar-refractivity contribution in [2.24, 2.45) is 4.99 Å². The van der Waals surface area contributed by atoms with Crippen molar-refractivity contribution in [3.8, 4) is 0 Å². The Balaban J connectivity index is 0.00000341. The van der Waals surface area contributed by atoms with Gasteiger partial charge in [-0.1, -0.05) is 36.4 Å². The molecule has 0 aliphatic carbocycles. The molecule has 1 aliphatic heterocycles. The van der Waals surface area contributed by atoms with Crippen LogP contribution in [0.4, 0.5) is 18.9 Å². The molecular weight excluding hydrogens is 520 g/mol. The van der Waals surface area contributed by atoms with E-state index in [0.29, 0.717) is 44.5 Å². The van der Waals surface area contributed by atoms with E-state index in [2.05, 4.69) is 15.6 Å². The SMILES string of the molecule is CN=C(NCCc1ccccc1)NCc1ccc(N2CCOCC2)cc1C(F)(F)F.I. The van der Waals surface area contributed by atoms with Gasteiger partial charge in [-0.05, 0) is 29.7 Å². The van der Waals surface area contributed by atoms with Gasteiger partial charge in [-0.25, -0.2) is 0 Å². The number of rotatable bonds is 6. The van der Waals surface area contributed by atoms with Crippen LogP contribution in [-0.4, -0.2) is 45.9 Å². The summed E-state index contributed by atoms with van der Waals surface area (Å²) in [7, 11) is 1.60. The molecule has 0 unspecified atom stereocenters. The standard InChI is InChI=1S/C22H27F3N4O.HI/c1-26-21(27-10-9-17-5-3-2-4-6-17)28-16-18-7-8-19(15-20(18)22(23,24)25)29-11-13-30-14-12-29;/h2-8,15H,9-14,16H2,1H3,(H2,26,27,28);1H. The number of morpholine rings is 1. The highest BCUT2D eigenvalue weighted by molar-refractivity contribution is 14.0. The number of guanidine groups is 1. The van der Waals surface area contributed by atoms with Gasteiger partial charge in [0, 0.05) is 38.9 Å². The molecule has 2 N–H and O–H groups in total. The van der Waals surface area contributed by atoms with Crippen LogP contribution in [0.2, 0.25) is 0 Å². The van der Waals surface area contributed by atoms with E-state index in [-0.39, 0.29) is 36.1 Å². The Bertz CT molecular complexity index is 840. The van der Waals surface area contributed by atoms with Crippen LogP contribution in [0.5, 0.6) is 0 Å². The van der Waals surface area contributed by atoms with Crippen molar-refractivity contribution >= 4 is 35.6 Å². The van der Waals surface area contributed by atoms with Crippen LogP contribution in [0.15, 0.2) is 53.5 Å². The first-order valence-corrected chi connectivity index (χ1v) is 9.98. The largest absolute Gasteiger partial charge is 0.416 e. The number of nitrogens with one attached hydrogen (secondary N) is 2. The predicted molar refractivity (Wildman–Crippen MR) is 128 cm³/mol. The zero-order chi connectivity index (χ0) is 21.4. The van der Waals surface area contributed by atoms with Crippen molar-refractivity contribution < 1.29 is 17.9 Å². The Morgan fingerprint density at radius 3 is 2.42 bits per heavy atom. The molecule has 0 aromatic heterocycles. The smallest absolute Gasteiger partial charge is 0.378 e. The lowest BCUT2D eigenvalue weighted by atomic mass is 10.0. The molecule has 2 aromatic carbocycles. The van der Waals surface area contributed by atoms with Crippen LogP contribution in [0.1, 0.15) is 16.7 Å². The topological polar surface area (TPSA) is 48.9 Å². The molecule has 5 nitrogen and oxygen atoms in total. The minimum atomic E-state index is -4.43. The van der Waals surface area contributed by atoms with Crippen molar-refractivity contribution in [1.29, 1.82) is 0 Å². The lowest BCUT2D eigenvalue weighted by Crippen LogP contribution is -2.38. The molecule has 0 saturated carbocycles. The second-order valence-corrected chi connectivity index (χ2v) is 7.03. The lowest BCUT2D eigenvalue weighted by molar-refractivity contribution is -0.138. The number of benzene rings is 2. The fraction of sp³-hybridized carbons (Fsp3) is 0.409. The minimum absolute atomic E-state index is 0. The van der Waals surface area contributed by atoms with Gasteiger partial charge in [-0.3, -0.25) is 4.99 Å². The van der Waals surface area contributed by atoms with E-state index in [9.17, 15) is 13.2 Å². The molecule has 1 aliphatic rings. The maximum Gasteiger partial charge on any atom is 0.416 e. The number of alkyl halides is 3. The lowest BCUT2D eigenvalue weighted by Gasteiger charge is -2.29. The number of nitrogens with zero attached hydrogens (tertiary/aromatic N) is 2. The summed E-state index contributed by atoms with van der Waals surface area (Å²) in [4.78, 5) is 6.02. The molecule has 1 fully saturated rings. The molecule has 0 amide bonds. The molecule has 0 spiro atoms. The van der Waals surface area contributed by atoms with Crippen LogP contribution in [-0.2, 0) is 23.9 Å². The fourth-order valence-electron chi connectivity index (χ4n) is 3.37. The van der Waals surface area contributed by atoms with Crippen molar-refractivity contribution in [3.05, 3.63) is 65.2 Å². The summed E-state index contributed by atoms with van der Waals surface area (Å²) in [5, 5.41) is 6.13. The zero-order valence-electron chi connectivity index (χ0n) is 17.4. The van der Waals surface area contributed by atoms with Gasteiger partial charge in [0.15, 0.2) is 5.96 Å². The van der Waals surface area contributed by atoms with E-state index in [1.54, 1.807) is 13.1 Å². The number of anilines is 1. The van der Waals surface area contributed by atoms with E-state index in [1.165, 1.54) is 17.7 Å². The van der Waals surface area contributed by atoms with E-state index < -0.39 is 11.7 Å². The number of halogens is 4. The molecule has 9 heteroatoms. The highest BCUT2D eigenvalue weighted by Crippen LogP contribution is 2.35. The number of aliphatic imine (C=N–C) groups is 1. The molecule has 0 atom stereocenters. The van der Waals surface area contributed by atoms with Gasteiger partial charge in [0.05, 0.1) is 18.8 Å². The summed E-state index contributed by atoms with van der Waals surface area (Å²) in [6.07, 6.45) is -3.63. The molecule has 0 bridgehead atoms. The molecular formula is C22H28F3IN4O. The Labute approximate surface area is 198 Å². The Morgan fingerprint density at radius 1 is 1.06 bits per heavy atom. The first kappa shape index (κ1) is 25.3. The molecule has 170 valence electrons. The minimum Gasteiger partial charge on any atom is -0.378 e. The van der Waals surface area contributed by atoms with Gasteiger partial charge in [-0.2, -0.15) is 13.2 Å². The normalized spacial score (nSPS) is 14.7. The van der Waals surface area contributed by atoms with Gasteiger partial charge in [0.1, 0.15) is 0 Å². The maximum atomic E-state index is 13.7. The maximum absolute atomic E-state index is 13.7. The summed E-state index contributed by atoms with van der Waals surface area (Å²) < 4.78 is 46.3. The van der Waals surface area contributed by atoms with Crippen LogP contribution in [0, 0.1) is 0 Å². The van der Waals surface area contributed by atoms with Crippen LogP contribution < -0.4 is 15.5 Å². The number of ether oxygens (including phenoxy) is 1. The monoisotopic (exact) mass is 548 g/mol. The van der Waals surface area contributed by atoms with E-state index in [4.69, 9.17) is 4.74 Å². The zero-order valence-corrected chi connectivity index (χ0v) is 19.7. The molecule has 3 rings (SSSR count). The van der Waals surface area contributed by atoms with Crippen LogP contribution >= 0.6 is 24.0 Å². The highest BCUT2D eigenvalue weighted by atomic mass is 127. The predicted octanol–water partition coefficient (Wildman–Crippen LogP) is 4.07. The summed E-state index contributed by atoms with van der Waals surface area (Å²) in [6, 6.07) is 14.5. The van der Waals surface area contributed by atoms with Gasteiger partial charge in [0.25, 0.3) is 0 Å². The molecule has 0 radical (unpaired) electrons. The summed E-state index contributed by atoms with van der Waals surface area (Å²) in [6.45, 7) is 2.89. The third-order valence-electron chi connectivity index (χ3n) is 4.99. The molecule has 1 saturated heterocycles. The average Bonchev–Trinajstić information content (AvgIpc) is 2.76. The molecule has 31 heavy (non-hydrogen) atoms. The van der Waals surface area contributed by atoms with E-state index in [1.807, 2.05) is 35.2 Å². The van der Waals surface area contributed by atoms with Crippen molar-refractivity contribution in [2.75, 3.05) is 44.8 Å². The quantitative estimate of drug-likeness (QED) is 0.325. The average molecular weight is 548 g/mol. The summed E-state index contributed by atoms with van der Waals surface area (Å²) in [5.74, 6) is 0.469. The van der Waals surface area contributed by atoms with Gasteiger partial charge in [-0.15, -0.1) is 24.0 Å². The molecule has 1 heterocycles. The van der Waals surface area contributed by atoms with Crippen LogP contribution in [0.25, 0.3) is 0 Å². The Hall–Kier alpha value is -2.01. The van der Waals surface area contributed by atoms with Crippen molar-refractivity contribution in [2.45, 2.75) is 19.1 Å². The first-order chi connectivity index (χ1) is 14.5. The Morgan fingerprint density at radius 2 is 1.77 bits per heavy atom. The van der Waals surface area contributed by atoms with Gasteiger partial charge >= 0.3 is 6.18 Å². The van der Waals surface area contributed by atoms with Gasteiger partial charge < -0.3 is 20.3 Å². The third-order valence-corrected chi connectivity index (χ3v) is 4.99. The Kier molecular flexibility index (Phi) is 9.89. The number of hydrogen-bond donors (Lipinski definition) is 2. The van der Waals surface area contributed by atoms with E-state index >= 15 is 0 Å². The third kappa shape index (κ3) is 7.57. The second kappa shape index (κ2) is 12.1. The van der Waals surface area contributed by atoms with Crippen molar-refractivity contribution in [3.63, 3.8) is 0 Å². The highest BCUT2D eigenvalue weighted by Gasteiger charge is 2.34.